The first-order valence-corrected chi connectivity index (χ1v) is 9.31. The normalized spacial score (nSPS) is 14.7. The number of hydrogen-bond donors (Lipinski definition) is 0. The predicted octanol–water partition coefficient (Wildman–Crippen LogP) is 3.94. The van der Waals surface area contributed by atoms with Crippen molar-refractivity contribution in [2.24, 2.45) is 5.92 Å². The van der Waals surface area contributed by atoms with Crippen LogP contribution in [0.4, 0.5) is 0 Å². The monoisotopic (exact) mass is 369 g/mol. The Hall–Kier alpha value is -2.69. The van der Waals surface area contributed by atoms with Gasteiger partial charge in [-0.3, -0.25) is 4.79 Å². The van der Waals surface area contributed by atoms with Gasteiger partial charge in [0.2, 0.25) is 0 Å². The highest BCUT2D eigenvalue weighted by molar-refractivity contribution is 5.95. The number of ether oxygens (including phenoxy) is 3. The lowest BCUT2D eigenvalue weighted by Gasteiger charge is -2.32. The van der Waals surface area contributed by atoms with Crippen LogP contribution in [0.2, 0.25) is 0 Å². The number of piperidine rings is 1. The minimum Gasteiger partial charge on any atom is -0.497 e. The van der Waals surface area contributed by atoms with E-state index in [0.29, 0.717) is 29.6 Å². The van der Waals surface area contributed by atoms with E-state index in [-0.39, 0.29) is 5.91 Å². The molecule has 144 valence electrons. The fourth-order valence-electron chi connectivity index (χ4n) is 3.26. The van der Waals surface area contributed by atoms with E-state index >= 15 is 0 Å². The second-order valence-electron chi connectivity index (χ2n) is 6.96. The summed E-state index contributed by atoms with van der Waals surface area (Å²) in [5, 5.41) is 0. The van der Waals surface area contributed by atoms with Crippen LogP contribution < -0.4 is 14.2 Å². The molecule has 0 N–H and O–H groups in total. The van der Waals surface area contributed by atoms with Gasteiger partial charge in [-0.15, -0.1) is 0 Å². The van der Waals surface area contributed by atoms with Gasteiger partial charge in [-0.05, 0) is 49.9 Å². The molecule has 5 heteroatoms. The molecule has 0 aromatic heterocycles. The molecule has 1 fully saturated rings. The summed E-state index contributed by atoms with van der Waals surface area (Å²) < 4.78 is 16.4. The van der Waals surface area contributed by atoms with Crippen LogP contribution >= 0.6 is 0 Å². The number of likely N-dealkylation sites (tertiary alicyclic amines) is 1. The SMILES string of the molecule is COc1cc(OC)cc(C(=O)N2CCC(COc3ccc(C)cc3)CC2)c1. The van der Waals surface area contributed by atoms with Crippen molar-refractivity contribution in [1.29, 1.82) is 0 Å². The van der Waals surface area contributed by atoms with Crippen molar-refractivity contribution < 1.29 is 19.0 Å². The number of hydrogen-bond acceptors (Lipinski definition) is 4. The van der Waals surface area contributed by atoms with E-state index in [9.17, 15) is 4.79 Å². The van der Waals surface area contributed by atoms with E-state index < -0.39 is 0 Å². The molecule has 1 amide bonds. The zero-order valence-corrected chi connectivity index (χ0v) is 16.2. The molecular formula is C22H27NO4. The number of aryl methyl sites for hydroxylation is 1. The molecule has 0 unspecified atom stereocenters. The lowest BCUT2D eigenvalue weighted by molar-refractivity contribution is 0.0660. The van der Waals surface area contributed by atoms with Gasteiger partial charge in [0.25, 0.3) is 5.91 Å². The highest BCUT2D eigenvalue weighted by Crippen LogP contribution is 2.26. The minimum absolute atomic E-state index is 0.0186. The standard InChI is InChI=1S/C22H27NO4/c1-16-4-6-19(7-5-16)27-15-17-8-10-23(11-9-17)22(24)18-12-20(25-2)14-21(13-18)26-3/h4-7,12-14,17H,8-11,15H2,1-3H3. The Morgan fingerprint density at radius 2 is 1.56 bits per heavy atom. The van der Waals surface area contributed by atoms with Gasteiger partial charge in [-0.1, -0.05) is 17.7 Å². The lowest BCUT2D eigenvalue weighted by Crippen LogP contribution is -2.39. The van der Waals surface area contributed by atoms with E-state index in [1.165, 1.54) is 5.56 Å². The second kappa shape index (κ2) is 8.80. The minimum atomic E-state index is 0.0186. The number of nitrogens with zero attached hydrogens (tertiary/aromatic N) is 1. The Morgan fingerprint density at radius 3 is 2.11 bits per heavy atom. The van der Waals surface area contributed by atoms with Crippen LogP contribution in [0, 0.1) is 12.8 Å². The van der Waals surface area contributed by atoms with Crippen LogP contribution in [-0.4, -0.2) is 44.7 Å². The molecule has 0 bridgehead atoms. The highest BCUT2D eigenvalue weighted by atomic mass is 16.5. The molecule has 1 heterocycles. The molecule has 1 saturated heterocycles. The maximum absolute atomic E-state index is 12.8. The van der Waals surface area contributed by atoms with Gasteiger partial charge in [0.05, 0.1) is 20.8 Å². The van der Waals surface area contributed by atoms with Crippen LogP contribution in [0.15, 0.2) is 42.5 Å². The Morgan fingerprint density at radius 1 is 0.963 bits per heavy atom. The molecule has 5 nitrogen and oxygen atoms in total. The van der Waals surface area contributed by atoms with E-state index in [4.69, 9.17) is 14.2 Å². The summed E-state index contributed by atoms with van der Waals surface area (Å²) in [7, 11) is 3.17. The summed E-state index contributed by atoms with van der Waals surface area (Å²) in [6.07, 6.45) is 1.89. The molecule has 2 aromatic carbocycles. The summed E-state index contributed by atoms with van der Waals surface area (Å²) in [5.74, 6) is 2.64. The average Bonchev–Trinajstić information content (AvgIpc) is 2.72. The fourth-order valence-corrected chi connectivity index (χ4v) is 3.26. The third-order valence-corrected chi connectivity index (χ3v) is 5.01. The first-order valence-electron chi connectivity index (χ1n) is 9.31. The number of benzene rings is 2. The Bertz CT molecular complexity index is 742. The van der Waals surface area contributed by atoms with Gasteiger partial charge in [0.15, 0.2) is 0 Å². The summed E-state index contributed by atoms with van der Waals surface area (Å²) in [6.45, 7) is 4.23. The molecule has 1 aliphatic heterocycles. The van der Waals surface area contributed by atoms with E-state index in [2.05, 4.69) is 19.1 Å². The fraction of sp³-hybridized carbons (Fsp3) is 0.409. The summed E-state index contributed by atoms with van der Waals surface area (Å²) in [5.41, 5.74) is 1.82. The highest BCUT2D eigenvalue weighted by Gasteiger charge is 2.24. The molecule has 2 aromatic rings. The third-order valence-electron chi connectivity index (χ3n) is 5.01. The maximum Gasteiger partial charge on any atom is 0.254 e. The third kappa shape index (κ3) is 4.94. The van der Waals surface area contributed by atoms with Crippen molar-refractivity contribution in [3.63, 3.8) is 0 Å². The van der Waals surface area contributed by atoms with Crippen LogP contribution in [0.5, 0.6) is 17.2 Å². The van der Waals surface area contributed by atoms with Crippen LogP contribution in [0.3, 0.4) is 0 Å². The number of methoxy groups -OCH3 is 2. The Kier molecular flexibility index (Phi) is 6.22. The second-order valence-corrected chi connectivity index (χ2v) is 6.96. The molecule has 0 spiro atoms. The van der Waals surface area contributed by atoms with Crippen LogP contribution in [0.1, 0.15) is 28.8 Å². The molecule has 3 rings (SSSR count). The summed E-state index contributed by atoms with van der Waals surface area (Å²) in [6, 6.07) is 13.4. The number of amides is 1. The Balaban J connectivity index is 1.54. The van der Waals surface area contributed by atoms with Crippen molar-refractivity contribution in [2.75, 3.05) is 33.9 Å². The van der Waals surface area contributed by atoms with Crippen molar-refractivity contribution in [2.45, 2.75) is 19.8 Å². The Labute approximate surface area is 160 Å². The van der Waals surface area contributed by atoms with Crippen molar-refractivity contribution >= 4 is 5.91 Å². The van der Waals surface area contributed by atoms with E-state index in [1.54, 1.807) is 32.4 Å². The largest absolute Gasteiger partial charge is 0.497 e. The zero-order valence-electron chi connectivity index (χ0n) is 16.2. The molecule has 27 heavy (non-hydrogen) atoms. The lowest BCUT2D eigenvalue weighted by atomic mass is 9.97. The van der Waals surface area contributed by atoms with Gasteiger partial charge >= 0.3 is 0 Å². The molecule has 0 saturated carbocycles. The average molecular weight is 369 g/mol. The van der Waals surface area contributed by atoms with Gasteiger partial charge in [0.1, 0.15) is 17.2 Å². The van der Waals surface area contributed by atoms with Crippen molar-refractivity contribution in [3.8, 4) is 17.2 Å². The van der Waals surface area contributed by atoms with Gasteiger partial charge in [0, 0.05) is 24.7 Å². The number of rotatable bonds is 6. The molecular weight excluding hydrogens is 342 g/mol. The predicted molar refractivity (Wildman–Crippen MR) is 105 cm³/mol. The topological polar surface area (TPSA) is 48.0 Å². The van der Waals surface area contributed by atoms with Crippen molar-refractivity contribution in [3.05, 3.63) is 53.6 Å². The quantitative estimate of drug-likeness (QED) is 0.774. The molecule has 0 atom stereocenters. The van der Waals surface area contributed by atoms with Crippen molar-refractivity contribution in [1.82, 2.24) is 4.90 Å². The first-order chi connectivity index (χ1) is 13.1. The smallest absolute Gasteiger partial charge is 0.254 e. The van der Waals surface area contributed by atoms with Crippen LogP contribution in [0.25, 0.3) is 0 Å². The zero-order chi connectivity index (χ0) is 19.2. The maximum atomic E-state index is 12.8. The van der Waals surface area contributed by atoms with E-state index in [0.717, 1.165) is 31.7 Å². The van der Waals surface area contributed by atoms with Gasteiger partial charge < -0.3 is 19.1 Å². The summed E-state index contributed by atoms with van der Waals surface area (Å²) in [4.78, 5) is 14.7. The van der Waals surface area contributed by atoms with Gasteiger partial charge in [-0.25, -0.2) is 0 Å². The number of carbonyl (C=O) groups is 1. The number of carbonyl (C=O) groups excluding carboxylic acids is 1. The molecule has 0 aliphatic carbocycles. The first kappa shape index (κ1) is 19.1. The molecule has 1 aliphatic rings. The van der Waals surface area contributed by atoms with Gasteiger partial charge in [-0.2, -0.15) is 0 Å². The van der Waals surface area contributed by atoms with E-state index in [1.807, 2.05) is 17.0 Å². The van der Waals surface area contributed by atoms with Crippen LogP contribution in [-0.2, 0) is 0 Å². The summed E-state index contributed by atoms with van der Waals surface area (Å²) >= 11 is 0. The molecule has 0 radical (unpaired) electrons.